The minimum absolute atomic E-state index is 0.204. The molecule has 1 heteroatoms. The van der Waals surface area contributed by atoms with Crippen LogP contribution in [0.3, 0.4) is 0 Å². The van der Waals surface area contributed by atoms with Crippen molar-refractivity contribution in [1.82, 2.24) is 0 Å². The van der Waals surface area contributed by atoms with Gasteiger partial charge in [-0.25, -0.2) is 0 Å². The normalized spacial score (nSPS) is 12.3. The van der Waals surface area contributed by atoms with Gasteiger partial charge in [0, 0.05) is 6.04 Å². The Morgan fingerprint density at radius 3 is 2.53 bits per heavy atom. The summed E-state index contributed by atoms with van der Waals surface area (Å²) in [6.45, 7) is 3.72. The van der Waals surface area contributed by atoms with Crippen molar-refractivity contribution in [3.05, 3.63) is 48.6 Å². The van der Waals surface area contributed by atoms with Crippen LogP contribution in [0.4, 0.5) is 0 Å². The molecular formula is C14H21N. The van der Waals surface area contributed by atoms with E-state index in [1.807, 2.05) is 24.3 Å². The molecule has 1 nitrogen and oxygen atoms in total. The molecule has 1 atom stereocenters. The molecular weight excluding hydrogens is 182 g/mol. The van der Waals surface area contributed by atoms with Crippen molar-refractivity contribution >= 4 is 0 Å². The fraction of sp³-hybridized carbons (Fsp3) is 0.429. The Morgan fingerprint density at radius 1 is 1.13 bits per heavy atom. The summed E-state index contributed by atoms with van der Waals surface area (Å²) in [6, 6.07) is 10.5. The predicted molar refractivity (Wildman–Crippen MR) is 66.7 cm³/mol. The standard InChI is InChI=1S/C14H21N/c1-2-3-4-5-9-12-14(15)13-10-7-6-8-11-13/h2,6-8,10-11,14H,1,3-5,9,12,15H2. The molecule has 0 bridgehead atoms. The van der Waals surface area contributed by atoms with E-state index in [1.165, 1.54) is 24.8 Å². The summed E-state index contributed by atoms with van der Waals surface area (Å²) < 4.78 is 0. The minimum Gasteiger partial charge on any atom is -0.324 e. The zero-order valence-corrected chi connectivity index (χ0v) is 9.36. The highest BCUT2D eigenvalue weighted by molar-refractivity contribution is 5.18. The third kappa shape index (κ3) is 4.80. The van der Waals surface area contributed by atoms with E-state index in [0.29, 0.717) is 0 Å². The van der Waals surface area contributed by atoms with Gasteiger partial charge >= 0.3 is 0 Å². The van der Waals surface area contributed by atoms with Crippen LogP contribution in [0.25, 0.3) is 0 Å². The SMILES string of the molecule is C=CCCCCCC(N)c1ccccc1. The molecule has 15 heavy (non-hydrogen) atoms. The average molecular weight is 203 g/mol. The Balaban J connectivity index is 2.19. The van der Waals surface area contributed by atoms with Crippen molar-refractivity contribution in [3.8, 4) is 0 Å². The van der Waals surface area contributed by atoms with Crippen LogP contribution in [0.1, 0.15) is 43.7 Å². The molecule has 0 saturated heterocycles. The Hall–Kier alpha value is -1.08. The van der Waals surface area contributed by atoms with Gasteiger partial charge in [0.2, 0.25) is 0 Å². The lowest BCUT2D eigenvalue weighted by molar-refractivity contribution is 0.572. The van der Waals surface area contributed by atoms with Crippen LogP contribution >= 0.6 is 0 Å². The number of unbranched alkanes of at least 4 members (excludes halogenated alkanes) is 3. The summed E-state index contributed by atoms with van der Waals surface area (Å²) in [4.78, 5) is 0. The highest BCUT2D eigenvalue weighted by Crippen LogP contribution is 2.17. The molecule has 1 unspecified atom stereocenters. The number of hydrogen-bond donors (Lipinski definition) is 1. The van der Waals surface area contributed by atoms with Gasteiger partial charge in [0.1, 0.15) is 0 Å². The van der Waals surface area contributed by atoms with Crippen LogP contribution in [-0.4, -0.2) is 0 Å². The molecule has 1 rings (SSSR count). The van der Waals surface area contributed by atoms with E-state index in [1.54, 1.807) is 0 Å². The first-order valence-electron chi connectivity index (χ1n) is 5.76. The predicted octanol–water partition coefficient (Wildman–Crippen LogP) is 3.82. The van der Waals surface area contributed by atoms with Crippen molar-refractivity contribution in [2.24, 2.45) is 5.73 Å². The molecule has 0 saturated carbocycles. The quantitative estimate of drug-likeness (QED) is 0.529. The molecule has 0 amide bonds. The molecule has 0 aliphatic rings. The monoisotopic (exact) mass is 203 g/mol. The molecule has 1 aromatic carbocycles. The van der Waals surface area contributed by atoms with Gasteiger partial charge in [-0.1, -0.05) is 49.2 Å². The van der Waals surface area contributed by atoms with E-state index >= 15 is 0 Å². The molecule has 0 radical (unpaired) electrons. The van der Waals surface area contributed by atoms with E-state index in [9.17, 15) is 0 Å². The molecule has 2 N–H and O–H groups in total. The van der Waals surface area contributed by atoms with Crippen LogP contribution in [0.5, 0.6) is 0 Å². The van der Waals surface area contributed by atoms with Crippen molar-refractivity contribution in [3.63, 3.8) is 0 Å². The van der Waals surface area contributed by atoms with Crippen LogP contribution in [0, 0.1) is 0 Å². The largest absolute Gasteiger partial charge is 0.324 e. The summed E-state index contributed by atoms with van der Waals surface area (Å²) >= 11 is 0. The summed E-state index contributed by atoms with van der Waals surface area (Å²) in [5.41, 5.74) is 7.34. The lowest BCUT2D eigenvalue weighted by Crippen LogP contribution is -2.09. The minimum atomic E-state index is 0.204. The first-order chi connectivity index (χ1) is 7.34. The molecule has 1 aromatic rings. The molecule has 82 valence electrons. The second-order valence-corrected chi connectivity index (χ2v) is 3.94. The van der Waals surface area contributed by atoms with E-state index in [0.717, 1.165) is 12.8 Å². The molecule has 0 aromatic heterocycles. The maximum Gasteiger partial charge on any atom is 0.0294 e. The van der Waals surface area contributed by atoms with E-state index in [-0.39, 0.29) is 6.04 Å². The van der Waals surface area contributed by atoms with Gasteiger partial charge < -0.3 is 5.73 Å². The molecule has 0 fully saturated rings. The Kier molecular flexibility index (Phi) is 5.79. The molecule has 0 aliphatic carbocycles. The lowest BCUT2D eigenvalue weighted by Gasteiger charge is -2.11. The Morgan fingerprint density at radius 2 is 1.87 bits per heavy atom. The Labute approximate surface area is 93.0 Å². The number of rotatable bonds is 7. The smallest absolute Gasteiger partial charge is 0.0294 e. The van der Waals surface area contributed by atoms with Gasteiger partial charge in [0.25, 0.3) is 0 Å². The fourth-order valence-corrected chi connectivity index (χ4v) is 1.70. The van der Waals surface area contributed by atoms with E-state index in [4.69, 9.17) is 5.73 Å². The lowest BCUT2D eigenvalue weighted by atomic mass is 10.0. The summed E-state index contributed by atoms with van der Waals surface area (Å²) in [5.74, 6) is 0. The van der Waals surface area contributed by atoms with Crippen molar-refractivity contribution in [1.29, 1.82) is 0 Å². The second-order valence-electron chi connectivity index (χ2n) is 3.94. The maximum atomic E-state index is 6.09. The van der Waals surface area contributed by atoms with E-state index in [2.05, 4.69) is 18.7 Å². The molecule has 0 aliphatic heterocycles. The second kappa shape index (κ2) is 7.24. The highest BCUT2D eigenvalue weighted by atomic mass is 14.6. The third-order valence-electron chi connectivity index (χ3n) is 2.65. The number of nitrogens with two attached hydrogens (primary N) is 1. The summed E-state index contributed by atoms with van der Waals surface area (Å²) in [7, 11) is 0. The van der Waals surface area contributed by atoms with Gasteiger partial charge in [-0.05, 0) is 24.8 Å². The third-order valence-corrected chi connectivity index (χ3v) is 2.65. The molecule has 0 spiro atoms. The number of benzene rings is 1. The Bertz CT molecular complexity index is 266. The maximum absolute atomic E-state index is 6.09. The first-order valence-corrected chi connectivity index (χ1v) is 5.76. The van der Waals surface area contributed by atoms with Crippen molar-refractivity contribution in [2.75, 3.05) is 0 Å². The van der Waals surface area contributed by atoms with Gasteiger partial charge in [-0.15, -0.1) is 6.58 Å². The topological polar surface area (TPSA) is 26.0 Å². The van der Waals surface area contributed by atoms with Crippen LogP contribution in [-0.2, 0) is 0 Å². The average Bonchev–Trinajstić information content (AvgIpc) is 2.30. The summed E-state index contributed by atoms with van der Waals surface area (Å²) in [6.07, 6.45) is 7.90. The number of allylic oxidation sites excluding steroid dienone is 1. The van der Waals surface area contributed by atoms with Crippen LogP contribution in [0.15, 0.2) is 43.0 Å². The zero-order chi connectivity index (χ0) is 10.9. The van der Waals surface area contributed by atoms with Crippen LogP contribution < -0.4 is 5.73 Å². The van der Waals surface area contributed by atoms with E-state index < -0.39 is 0 Å². The van der Waals surface area contributed by atoms with Crippen molar-refractivity contribution in [2.45, 2.75) is 38.1 Å². The first kappa shape index (κ1) is 12.0. The fourth-order valence-electron chi connectivity index (χ4n) is 1.70. The highest BCUT2D eigenvalue weighted by Gasteiger charge is 2.03. The van der Waals surface area contributed by atoms with Crippen molar-refractivity contribution < 1.29 is 0 Å². The van der Waals surface area contributed by atoms with Crippen LogP contribution in [0.2, 0.25) is 0 Å². The summed E-state index contributed by atoms with van der Waals surface area (Å²) in [5, 5.41) is 0. The van der Waals surface area contributed by atoms with Gasteiger partial charge in [0.15, 0.2) is 0 Å². The molecule has 0 heterocycles. The van der Waals surface area contributed by atoms with Gasteiger partial charge in [-0.3, -0.25) is 0 Å². The van der Waals surface area contributed by atoms with Gasteiger partial charge in [0.05, 0.1) is 0 Å². The number of hydrogen-bond acceptors (Lipinski definition) is 1. The zero-order valence-electron chi connectivity index (χ0n) is 9.36. The van der Waals surface area contributed by atoms with Gasteiger partial charge in [-0.2, -0.15) is 0 Å².